The van der Waals surface area contributed by atoms with Crippen LogP contribution in [0.5, 0.6) is 11.5 Å². The number of anilines is 3. The summed E-state index contributed by atoms with van der Waals surface area (Å²) in [4.78, 5) is 14.7. The Labute approximate surface area is 186 Å². The number of benzene rings is 2. The zero-order valence-corrected chi connectivity index (χ0v) is 17.7. The lowest BCUT2D eigenvalue weighted by atomic mass is 10.1. The SMILES string of the molecule is O=C(Nc1ccc(-c2ccc(N3CCCCC3)nn2)cc1)Nc1ccc2c(c1)OCCO2. The summed E-state index contributed by atoms with van der Waals surface area (Å²) in [6.07, 6.45) is 3.71. The van der Waals surface area contributed by atoms with Gasteiger partial charge in [-0.3, -0.25) is 0 Å². The van der Waals surface area contributed by atoms with E-state index in [9.17, 15) is 4.79 Å². The summed E-state index contributed by atoms with van der Waals surface area (Å²) in [6, 6.07) is 16.5. The van der Waals surface area contributed by atoms with E-state index in [2.05, 4.69) is 25.7 Å². The van der Waals surface area contributed by atoms with Gasteiger partial charge in [0.05, 0.1) is 5.69 Å². The lowest BCUT2D eigenvalue weighted by Crippen LogP contribution is -2.30. The number of hydrogen-bond acceptors (Lipinski definition) is 6. The molecule has 164 valence electrons. The van der Waals surface area contributed by atoms with E-state index in [1.165, 1.54) is 19.3 Å². The minimum Gasteiger partial charge on any atom is -0.486 e. The van der Waals surface area contributed by atoms with E-state index in [1.54, 1.807) is 18.2 Å². The van der Waals surface area contributed by atoms with Crippen molar-refractivity contribution >= 4 is 23.2 Å². The molecule has 2 N–H and O–H groups in total. The quantitative estimate of drug-likeness (QED) is 0.630. The number of nitrogens with zero attached hydrogens (tertiary/aromatic N) is 3. The van der Waals surface area contributed by atoms with Crippen molar-refractivity contribution < 1.29 is 14.3 Å². The first-order chi connectivity index (χ1) is 15.7. The maximum Gasteiger partial charge on any atom is 0.323 e. The molecule has 0 unspecified atom stereocenters. The van der Waals surface area contributed by atoms with Crippen LogP contribution in [0.2, 0.25) is 0 Å². The summed E-state index contributed by atoms with van der Waals surface area (Å²) >= 11 is 0. The van der Waals surface area contributed by atoms with E-state index < -0.39 is 0 Å². The lowest BCUT2D eigenvalue weighted by molar-refractivity contribution is 0.171. The summed E-state index contributed by atoms with van der Waals surface area (Å²) in [5.74, 6) is 2.25. The number of ether oxygens (including phenoxy) is 2. The number of carbonyl (C=O) groups is 1. The number of aromatic nitrogens is 2. The predicted octanol–water partition coefficient (Wildman–Crippen LogP) is 4.55. The van der Waals surface area contributed by atoms with Crippen LogP contribution in [0.1, 0.15) is 19.3 Å². The Bertz CT molecular complexity index is 1080. The maximum atomic E-state index is 12.4. The van der Waals surface area contributed by atoms with Gasteiger partial charge in [-0.1, -0.05) is 12.1 Å². The smallest absolute Gasteiger partial charge is 0.323 e. The number of piperidine rings is 1. The van der Waals surface area contributed by atoms with Gasteiger partial charge in [0.25, 0.3) is 0 Å². The summed E-state index contributed by atoms with van der Waals surface area (Å²) in [5.41, 5.74) is 3.06. The van der Waals surface area contributed by atoms with E-state index >= 15 is 0 Å². The van der Waals surface area contributed by atoms with Gasteiger partial charge in [-0.2, -0.15) is 0 Å². The highest BCUT2D eigenvalue weighted by atomic mass is 16.6. The highest BCUT2D eigenvalue weighted by Gasteiger charge is 2.14. The Hall–Kier alpha value is -3.81. The molecular weight excluding hydrogens is 406 g/mol. The van der Waals surface area contributed by atoms with Gasteiger partial charge in [-0.05, 0) is 55.7 Å². The molecule has 0 aliphatic carbocycles. The first kappa shape index (κ1) is 20.1. The Morgan fingerprint density at radius 3 is 2.25 bits per heavy atom. The molecule has 32 heavy (non-hydrogen) atoms. The average Bonchev–Trinajstić information content (AvgIpc) is 2.85. The maximum absolute atomic E-state index is 12.4. The van der Waals surface area contributed by atoms with Crippen LogP contribution < -0.4 is 25.0 Å². The van der Waals surface area contributed by atoms with Crippen LogP contribution in [0, 0.1) is 0 Å². The summed E-state index contributed by atoms with van der Waals surface area (Å²) in [6.45, 7) is 3.12. The number of carbonyl (C=O) groups excluding carboxylic acids is 1. The summed E-state index contributed by atoms with van der Waals surface area (Å²) in [7, 11) is 0. The van der Waals surface area contributed by atoms with Crippen LogP contribution in [0.3, 0.4) is 0 Å². The van der Waals surface area contributed by atoms with Gasteiger partial charge in [0.2, 0.25) is 0 Å². The minimum atomic E-state index is -0.333. The molecule has 5 rings (SSSR count). The molecule has 2 aromatic carbocycles. The number of rotatable bonds is 4. The second kappa shape index (κ2) is 9.13. The summed E-state index contributed by atoms with van der Waals surface area (Å²) < 4.78 is 11.0. The zero-order valence-electron chi connectivity index (χ0n) is 17.7. The third kappa shape index (κ3) is 4.59. The van der Waals surface area contributed by atoms with Crippen molar-refractivity contribution in [3.63, 3.8) is 0 Å². The molecule has 2 aliphatic heterocycles. The molecule has 3 aromatic rings. The number of amides is 2. The van der Waals surface area contributed by atoms with Gasteiger partial charge >= 0.3 is 6.03 Å². The molecule has 2 amide bonds. The second-order valence-electron chi connectivity index (χ2n) is 7.84. The van der Waals surface area contributed by atoms with Gasteiger partial charge < -0.3 is 25.0 Å². The van der Waals surface area contributed by atoms with Crippen LogP contribution in [0.25, 0.3) is 11.3 Å². The average molecular weight is 431 g/mol. The molecular formula is C24H25N5O3. The number of hydrogen-bond donors (Lipinski definition) is 2. The highest BCUT2D eigenvalue weighted by Crippen LogP contribution is 2.32. The molecule has 0 radical (unpaired) electrons. The van der Waals surface area contributed by atoms with Crippen LogP contribution in [-0.4, -0.2) is 42.5 Å². The van der Waals surface area contributed by atoms with Crippen molar-refractivity contribution in [2.24, 2.45) is 0 Å². The van der Waals surface area contributed by atoms with E-state index in [0.29, 0.717) is 36.1 Å². The third-order valence-electron chi connectivity index (χ3n) is 5.57. The van der Waals surface area contributed by atoms with Gasteiger partial charge in [0.15, 0.2) is 17.3 Å². The molecule has 0 bridgehead atoms. The van der Waals surface area contributed by atoms with E-state index in [4.69, 9.17) is 9.47 Å². The molecule has 8 nitrogen and oxygen atoms in total. The molecule has 0 saturated carbocycles. The van der Waals surface area contributed by atoms with Crippen LogP contribution >= 0.6 is 0 Å². The molecule has 1 saturated heterocycles. The van der Waals surface area contributed by atoms with Crippen molar-refractivity contribution in [1.82, 2.24) is 10.2 Å². The molecule has 1 aromatic heterocycles. The zero-order chi connectivity index (χ0) is 21.8. The number of urea groups is 1. The fraction of sp³-hybridized carbons (Fsp3) is 0.292. The van der Waals surface area contributed by atoms with Crippen molar-refractivity contribution in [3.8, 4) is 22.8 Å². The monoisotopic (exact) mass is 431 g/mol. The molecule has 0 spiro atoms. The highest BCUT2D eigenvalue weighted by molar-refractivity contribution is 6.00. The number of fused-ring (bicyclic) bond motifs is 1. The number of nitrogens with one attached hydrogen (secondary N) is 2. The molecule has 0 atom stereocenters. The van der Waals surface area contributed by atoms with Crippen LogP contribution in [0.4, 0.5) is 22.0 Å². The summed E-state index contributed by atoms with van der Waals surface area (Å²) in [5, 5.41) is 14.4. The van der Waals surface area contributed by atoms with Crippen LogP contribution in [-0.2, 0) is 0 Å². The molecule has 2 aliphatic rings. The van der Waals surface area contributed by atoms with E-state index in [-0.39, 0.29) is 6.03 Å². The Kier molecular flexibility index (Phi) is 5.74. The van der Waals surface area contributed by atoms with Crippen molar-refractivity contribution in [3.05, 3.63) is 54.6 Å². The fourth-order valence-electron chi connectivity index (χ4n) is 3.91. The van der Waals surface area contributed by atoms with Crippen molar-refractivity contribution in [1.29, 1.82) is 0 Å². The van der Waals surface area contributed by atoms with Crippen LogP contribution in [0.15, 0.2) is 54.6 Å². The lowest BCUT2D eigenvalue weighted by Gasteiger charge is -2.27. The molecule has 8 heteroatoms. The van der Waals surface area contributed by atoms with Gasteiger partial charge in [0, 0.05) is 36.1 Å². The normalized spacial score (nSPS) is 15.2. The fourth-order valence-corrected chi connectivity index (χ4v) is 3.91. The second-order valence-corrected chi connectivity index (χ2v) is 7.84. The first-order valence-electron chi connectivity index (χ1n) is 10.9. The minimum absolute atomic E-state index is 0.333. The first-order valence-corrected chi connectivity index (χ1v) is 10.9. The van der Waals surface area contributed by atoms with Crippen molar-refractivity contribution in [2.45, 2.75) is 19.3 Å². The Morgan fingerprint density at radius 2 is 1.50 bits per heavy atom. The largest absolute Gasteiger partial charge is 0.486 e. The molecule has 3 heterocycles. The standard InChI is InChI=1S/C24H25N5O3/c30-24(26-19-8-10-21-22(16-19)32-15-14-31-21)25-18-6-4-17(5-7-18)20-9-11-23(28-27-20)29-12-2-1-3-13-29/h4-11,16H,1-3,12-15H2,(H2,25,26,30). The van der Waals surface area contributed by atoms with Crippen molar-refractivity contribution in [2.75, 3.05) is 41.8 Å². The Balaban J connectivity index is 1.19. The topological polar surface area (TPSA) is 88.6 Å². The van der Waals surface area contributed by atoms with Gasteiger partial charge in [-0.25, -0.2) is 4.79 Å². The molecule has 1 fully saturated rings. The predicted molar refractivity (Wildman–Crippen MR) is 124 cm³/mol. The van der Waals surface area contributed by atoms with E-state index in [1.807, 2.05) is 36.4 Å². The third-order valence-corrected chi connectivity index (χ3v) is 5.57. The van der Waals surface area contributed by atoms with E-state index in [0.717, 1.165) is 30.2 Å². The Morgan fingerprint density at radius 1 is 0.781 bits per heavy atom. The van der Waals surface area contributed by atoms with Gasteiger partial charge in [-0.15, -0.1) is 10.2 Å². The van der Waals surface area contributed by atoms with Gasteiger partial charge in [0.1, 0.15) is 13.2 Å².